The number of carboxylic acids is 1. The Bertz CT molecular complexity index is 156. The second kappa shape index (κ2) is 2.59. The minimum absolute atomic E-state index is 0.172. The molecule has 1 aliphatic carbocycles. The Morgan fingerprint density at radius 1 is 1.70 bits per heavy atom. The molecule has 58 valence electrons. The first-order chi connectivity index (χ1) is 4.52. The van der Waals surface area contributed by atoms with Crippen LogP contribution in [0.3, 0.4) is 0 Å². The molecule has 0 heterocycles. The van der Waals surface area contributed by atoms with Gasteiger partial charge in [0.1, 0.15) is 4.33 Å². The van der Waals surface area contributed by atoms with Gasteiger partial charge < -0.3 is 5.11 Å². The monoisotopic (exact) mass is 182 g/mol. The zero-order valence-corrected chi connectivity index (χ0v) is 6.82. The van der Waals surface area contributed by atoms with E-state index in [1.165, 1.54) is 0 Å². The lowest BCUT2D eigenvalue weighted by atomic mass is 10.2. The maximum absolute atomic E-state index is 10.1. The number of rotatable bonds is 3. The largest absolute Gasteiger partial charge is 0.481 e. The number of hydrogen-bond acceptors (Lipinski definition) is 1. The zero-order valence-electron chi connectivity index (χ0n) is 5.31. The first-order valence-corrected chi connectivity index (χ1v) is 3.87. The van der Waals surface area contributed by atoms with E-state index in [9.17, 15) is 4.79 Å². The van der Waals surface area contributed by atoms with Crippen LogP contribution in [-0.2, 0) is 4.79 Å². The van der Waals surface area contributed by atoms with Crippen LogP contribution < -0.4 is 0 Å². The van der Waals surface area contributed by atoms with E-state index in [4.69, 9.17) is 28.3 Å². The fourth-order valence-electron chi connectivity index (χ4n) is 0.881. The molecule has 2 nitrogen and oxygen atoms in total. The van der Waals surface area contributed by atoms with E-state index in [1.54, 1.807) is 0 Å². The molecule has 0 aromatic heterocycles. The predicted molar refractivity (Wildman–Crippen MR) is 39.4 cm³/mol. The highest BCUT2D eigenvalue weighted by molar-refractivity contribution is 6.50. The highest BCUT2D eigenvalue weighted by Gasteiger charge is 2.50. The van der Waals surface area contributed by atoms with Gasteiger partial charge in [-0.15, -0.1) is 23.2 Å². The van der Waals surface area contributed by atoms with Crippen LogP contribution in [0.2, 0.25) is 0 Å². The summed E-state index contributed by atoms with van der Waals surface area (Å²) in [5, 5.41) is 8.27. The lowest BCUT2D eigenvalue weighted by Crippen LogP contribution is -1.97. The van der Waals surface area contributed by atoms with Crippen molar-refractivity contribution < 1.29 is 9.90 Å². The van der Waals surface area contributed by atoms with Crippen molar-refractivity contribution in [3.05, 3.63) is 0 Å². The summed E-state index contributed by atoms with van der Waals surface area (Å²) in [5.41, 5.74) is 0. The van der Waals surface area contributed by atoms with Crippen molar-refractivity contribution in [1.29, 1.82) is 0 Å². The Morgan fingerprint density at radius 2 is 2.20 bits per heavy atom. The van der Waals surface area contributed by atoms with E-state index >= 15 is 0 Å². The summed E-state index contributed by atoms with van der Waals surface area (Å²) < 4.78 is -0.616. The quantitative estimate of drug-likeness (QED) is 0.679. The van der Waals surface area contributed by atoms with E-state index in [0.29, 0.717) is 6.42 Å². The Kier molecular flexibility index (Phi) is 2.11. The van der Waals surface area contributed by atoms with Crippen molar-refractivity contribution in [2.45, 2.75) is 23.6 Å². The Labute approximate surface area is 69.1 Å². The maximum Gasteiger partial charge on any atom is 0.303 e. The van der Waals surface area contributed by atoms with E-state index < -0.39 is 10.3 Å². The Balaban J connectivity index is 2.13. The summed E-state index contributed by atoms with van der Waals surface area (Å²) in [6, 6.07) is 0. The minimum atomic E-state index is -0.781. The van der Waals surface area contributed by atoms with Crippen molar-refractivity contribution in [3.63, 3.8) is 0 Å². The second-order valence-electron chi connectivity index (χ2n) is 2.59. The molecule has 1 fully saturated rings. The minimum Gasteiger partial charge on any atom is -0.481 e. The van der Waals surface area contributed by atoms with Crippen LogP contribution in [0.5, 0.6) is 0 Å². The van der Waals surface area contributed by atoms with Crippen molar-refractivity contribution in [1.82, 2.24) is 0 Å². The third-order valence-electron chi connectivity index (χ3n) is 1.66. The van der Waals surface area contributed by atoms with Crippen LogP contribution >= 0.6 is 23.2 Å². The van der Waals surface area contributed by atoms with Gasteiger partial charge in [0.2, 0.25) is 0 Å². The molecule has 1 rings (SSSR count). The zero-order chi connectivity index (χ0) is 7.78. The topological polar surface area (TPSA) is 37.3 Å². The van der Waals surface area contributed by atoms with Gasteiger partial charge in [-0.2, -0.15) is 0 Å². The van der Waals surface area contributed by atoms with Crippen molar-refractivity contribution in [3.8, 4) is 0 Å². The molecule has 0 bridgehead atoms. The number of alkyl halides is 2. The Morgan fingerprint density at radius 3 is 2.50 bits per heavy atom. The van der Waals surface area contributed by atoms with Gasteiger partial charge in [-0.3, -0.25) is 4.79 Å². The molecule has 0 amide bonds. The summed E-state index contributed by atoms with van der Waals surface area (Å²) in [7, 11) is 0. The summed E-state index contributed by atoms with van der Waals surface area (Å²) in [6.07, 6.45) is 1.51. The smallest absolute Gasteiger partial charge is 0.303 e. The van der Waals surface area contributed by atoms with Gasteiger partial charge in [0.05, 0.1) is 0 Å². The third kappa shape index (κ3) is 2.03. The molecule has 0 aliphatic heterocycles. The van der Waals surface area contributed by atoms with E-state index in [2.05, 4.69) is 0 Å². The second-order valence-corrected chi connectivity index (χ2v) is 4.14. The van der Waals surface area contributed by atoms with Gasteiger partial charge >= 0.3 is 5.97 Å². The molecular weight excluding hydrogens is 175 g/mol. The number of carbonyl (C=O) groups is 1. The highest BCUT2D eigenvalue weighted by Crippen LogP contribution is 2.55. The molecular formula is C6H8Cl2O2. The molecule has 0 radical (unpaired) electrons. The Hall–Kier alpha value is 0.0500. The predicted octanol–water partition coefficient (Wildman–Crippen LogP) is 2.04. The SMILES string of the molecule is O=C(O)CCC1CC1(Cl)Cl. The molecule has 0 saturated heterocycles. The van der Waals surface area contributed by atoms with Crippen LogP contribution in [0.1, 0.15) is 19.3 Å². The van der Waals surface area contributed by atoms with Crippen LogP contribution in [0, 0.1) is 5.92 Å². The van der Waals surface area contributed by atoms with Gasteiger partial charge in [-0.1, -0.05) is 0 Å². The molecule has 1 unspecified atom stereocenters. The molecule has 0 aromatic carbocycles. The normalized spacial score (nSPS) is 28.0. The summed E-state index contributed by atoms with van der Waals surface area (Å²) >= 11 is 11.3. The van der Waals surface area contributed by atoms with Crippen LogP contribution in [-0.4, -0.2) is 15.4 Å². The van der Waals surface area contributed by atoms with Crippen LogP contribution in [0.25, 0.3) is 0 Å². The van der Waals surface area contributed by atoms with E-state index in [-0.39, 0.29) is 12.3 Å². The van der Waals surface area contributed by atoms with Crippen molar-refractivity contribution in [2.75, 3.05) is 0 Å². The highest BCUT2D eigenvalue weighted by atomic mass is 35.5. The lowest BCUT2D eigenvalue weighted by Gasteiger charge is -1.95. The number of hydrogen-bond donors (Lipinski definition) is 1. The average molecular weight is 183 g/mol. The molecule has 1 saturated carbocycles. The maximum atomic E-state index is 10.1. The van der Waals surface area contributed by atoms with E-state index in [1.807, 2.05) is 0 Å². The first kappa shape index (κ1) is 8.15. The van der Waals surface area contributed by atoms with E-state index in [0.717, 1.165) is 6.42 Å². The molecule has 1 aliphatic rings. The van der Waals surface area contributed by atoms with Gasteiger partial charge in [0.25, 0.3) is 0 Å². The van der Waals surface area contributed by atoms with Crippen molar-refractivity contribution >= 4 is 29.2 Å². The molecule has 0 aromatic rings. The fraction of sp³-hybridized carbons (Fsp3) is 0.833. The van der Waals surface area contributed by atoms with Gasteiger partial charge in [0, 0.05) is 6.42 Å². The standard InChI is InChI=1S/C6H8Cl2O2/c7-6(8)3-4(6)1-2-5(9)10/h4H,1-3H2,(H,9,10). The molecule has 1 N–H and O–H groups in total. The van der Waals surface area contributed by atoms with Crippen LogP contribution in [0.4, 0.5) is 0 Å². The lowest BCUT2D eigenvalue weighted by molar-refractivity contribution is -0.137. The number of aliphatic carboxylic acids is 1. The third-order valence-corrected chi connectivity index (χ3v) is 2.59. The van der Waals surface area contributed by atoms with Gasteiger partial charge in [0.15, 0.2) is 0 Å². The van der Waals surface area contributed by atoms with Gasteiger partial charge in [-0.05, 0) is 18.8 Å². The summed E-state index contributed by atoms with van der Waals surface area (Å²) in [6.45, 7) is 0. The van der Waals surface area contributed by atoms with Crippen LogP contribution in [0.15, 0.2) is 0 Å². The molecule has 4 heteroatoms. The number of halogens is 2. The average Bonchev–Trinajstić information content (AvgIpc) is 2.35. The summed E-state index contributed by atoms with van der Waals surface area (Å²) in [5.74, 6) is -0.581. The first-order valence-electron chi connectivity index (χ1n) is 3.12. The fourth-order valence-corrected chi connectivity index (χ4v) is 1.47. The molecule has 1 atom stereocenters. The van der Waals surface area contributed by atoms with Gasteiger partial charge in [-0.25, -0.2) is 0 Å². The molecule has 0 spiro atoms. The number of carboxylic acid groups (broad SMARTS) is 1. The van der Waals surface area contributed by atoms with Crippen molar-refractivity contribution in [2.24, 2.45) is 5.92 Å². The summed E-state index contributed by atoms with van der Waals surface area (Å²) in [4.78, 5) is 10.1. The molecule has 10 heavy (non-hydrogen) atoms.